The molecule has 1 aromatic rings. The molecule has 0 saturated carbocycles. The summed E-state index contributed by atoms with van der Waals surface area (Å²) in [6.07, 6.45) is 3.20. The van der Waals surface area contributed by atoms with E-state index in [9.17, 15) is 9.59 Å². The largest absolute Gasteiger partial charge is 0.336 e. The van der Waals surface area contributed by atoms with Crippen molar-refractivity contribution in [3.63, 3.8) is 0 Å². The molecule has 0 radical (unpaired) electrons. The average Bonchev–Trinajstić information content (AvgIpc) is 3.04. The molecule has 112 valence electrons. The molecule has 4 heterocycles. The minimum atomic E-state index is -0.0764. The standard InChI is InChI=1S/C13H18N6O2/c20-12-2-1-9-7-17(3-4-18(9)12)13(21)11-8-19(16-15-11)10-5-14-6-10/h8-10,14H,1-7H2. The lowest BCUT2D eigenvalue weighted by atomic mass is 10.1. The zero-order chi connectivity index (χ0) is 14.4. The third kappa shape index (κ3) is 2.10. The van der Waals surface area contributed by atoms with E-state index in [2.05, 4.69) is 15.6 Å². The fourth-order valence-corrected chi connectivity index (χ4v) is 3.22. The van der Waals surface area contributed by atoms with E-state index in [-0.39, 0.29) is 17.9 Å². The molecule has 1 atom stereocenters. The second-order valence-corrected chi connectivity index (χ2v) is 5.93. The first-order valence-electron chi connectivity index (χ1n) is 7.43. The van der Waals surface area contributed by atoms with Crippen molar-refractivity contribution in [1.29, 1.82) is 0 Å². The van der Waals surface area contributed by atoms with E-state index in [1.807, 2.05) is 4.90 Å². The van der Waals surface area contributed by atoms with Gasteiger partial charge < -0.3 is 15.1 Å². The summed E-state index contributed by atoms with van der Waals surface area (Å²) in [6.45, 7) is 3.58. The topological polar surface area (TPSA) is 83.4 Å². The maximum Gasteiger partial charge on any atom is 0.276 e. The number of rotatable bonds is 2. The third-order valence-corrected chi connectivity index (χ3v) is 4.65. The zero-order valence-corrected chi connectivity index (χ0v) is 11.7. The summed E-state index contributed by atoms with van der Waals surface area (Å²) >= 11 is 0. The number of hydrogen-bond acceptors (Lipinski definition) is 5. The predicted octanol–water partition coefficient (Wildman–Crippen LogP) is -1.13. The van der Waals surface area contributed by atoms with E-state index in [1.165, 1.54) is 0 Å². The summed E-state index contributed by atoms with van der Waals surface area (Å²) in [5.41, 5.74) is 0.402. The molecule has 3 aliphatic rings. The van der Waals surface area contributed by atoms with Crippen LogP contribution in [-0.4, -0.2) is 75.4 Å². The highest BCUT2D eigenvalue weighted by atomic mass is 16.2. The number of nitrogens with one attached hydrogen (secondary N) is 1. The molecule has 8 heteroatoms. The maximum atomic E-state index is 12.5. The summed E-state index contributed by atoms with van der Waals surface area (Å²) in [6, 6.07) is 0.490. The fraction of sp³-hybridized carbons (Fsp3) is 0.692. The molecule has 4 rings (SSSR count). The van der Waals surface area contributed by atoms with Gasteiger partial charge in [0.2, 0.25) is 5.91 Å². The van der Waals surface area contributed by atoms with Gasteiger partial charge in [-0.25, -0.2) is 4.68 Å². The molecule has 3 fully saturated rings. The van der Waals surface area contributed by atoms with Gasteiger partial charge in [-0.1, -0.05) is 5.21 Å². The van der Waals surface area contributed by atoms with Crippen LogP contribution in [0.25, 0.3) is 0 Å². The molecule has 0 spiro atoms. The second-order valence-electron chi connectivity index (χ2n) is 5.93. The van der Waals surface area contributed by atoms with Gasteiger partial charge in [-0.15, -0.1) is 5.10 Å². The normalized spacial score (nSPS) is 25.9. The first-order valence-corrected chi connectivity index (χ1v) is 7.43. The number of piperazine rings is 1. The van der Waals surface area contributed by atoms with Crippen molar-refractivity contribution < 1.29 is 9.59 Å². The van der Waals surface area contributed by atoms with Gasteiger partial charge in [-0.05, 0) is 6.42 Å². The van der Waals surface area contributed by atoms with E-state index in [4.69, 9.17) is 0 Å². The Morgan fingerprint density at radius 2 is 2.14 bits per heavy atom. The zero-order valence-electron chi connectivity index (χ0n) is 11.7. The van der Waals surface area contributed by atoms with Gasteiger partial charge in [-0.2, -0.15) is 0 Å². The number of nitrogens with zero attached hydrogens (tertiary/aromatic N) is 5. The Labute approximate surface area is 122 Å². The third-order valence-electron chi connectivity index (χ3n) is 4.65. The number of amides is 2. The van der Waals surface area contributed by atoms with Crippen molar-refractivity contribution in [3.05, 3.63) is 11.9 Å². The first kappa shape index (κ1) is 12.8. The van der Waals surface area contributed by atoms with Gasteiger partial charge in [0.05, 0.1) is 12.2 Å². The highest BCUT2D eigenvalue weighted by Crippen LogP contribution is 2.23. The molecular weight excluding hydrogens is 272 g/mol. The Kier molecular flexibility index (Phi) is 2.91. The van der Waals surface area contributed by atoms with Crippen LogP contribution >= 0.6 is 0 Å². The molecule has 21 heavy (non-hydrogen) atoms. The van der Waals surface area contributed by atoms with Crippen molar-refractivity contribution in [3.8, 4) is 0 Å². The molecule has 0 aliphatic carbocycles. The Balaban J connectivity index is 1.45. The van der Waals surface area contributed by atoms with E-state index >= 15 is 0 Å². The van der Waals surface area contributed by atoms with Gasteiger partial charge in [0.25, 0.3) is 5.91 Å². The van der Waals surface area contributed by atoms with Crippen LogP contribution in [0.4, 0.5) is 0 Å². The predicted molar refractivity (Wildman–Crippen MR) is 72.6 cm³/mol. The summed E-state index contributed by atoms with van der Waals surface area (Å²) in [4.78, 5) is 27.9. The van der Waals surface area contributed by atoms with Crippen LogP contribution in [0.15, 0.2) is 6.20 Å². The van der Waals surface area contributed by atoms with Crippen molar-refractivity contribution in [1.82, 2.24) is 30.1 Å². The van der Waals surface area contributed by atoms with Crippen LogP contribution in [0.3, 0.4) is 0 Å². The quantitative estimate of drug-likeness (QED) is 0.745. The highest BCUT2D eigenvalue weighted by Gasteiger charge is 2.37. The SMILES string of the molecule is O=C(c1cn(C2CNC2)nn1)N1CCN2C(=O)CCC2C1. The van der Waals surface area contributed by atoms with E-state index in [1.54, 1.807) is 15.8 Å². The lowest BCUT2D eigenvalue weighted by Crippen LogP contribution is -2.53. The van der Waals surface area contributed by atoms with Crippen LogP contribution < -0.4 is 5.32 Å². The van der Waals surface area contributed by atoms with Gasteiger partial charge in [0, 0.05) is 45.2 Å². The summed E-state index contributed by atoms with van der Waals surface area (Å²) in [5, 5.41) is 11.2. The van der Waals surface area contributed by atoms with Crippen LogP contribution in [0, 0.1) is 0 Å². The number of carbonyl (C=O) groups excluding carboxylic acids is 2. The average molecular weight is 290 g/mol. The van der Waals surface area contributed by atoms with Crippen molar-refractivity contribution in [2.24, 2.45) is 0 Å². The second kappa shape index (κ2) is 4.80. The molecular formula is C13H18N6O2. The molecule has 3 saturated heterocycles. The van der Waals surface area contributed by atoms with E-state index < -0.39 is 0 Å². The highest BCUT2D eigenvalue weighted by molar-refractivity contribution is 5.92. The van der Waals surface area contributed by atoms with Crippen LogP contribution in [0.1, 0.15) is 29.4 Å². The van der Waals surface area contributed by atoms with Crippen LogP contribution in [0.5, 0.6) is 0 Å². The molecule has 8 nitrogen and oxygen atoms in total. The van der Waals surface area contributed by atoms with Gasteiger partial charge in [-0.3, -0.25) is 9.59 Å². The Hall–Kier alpha value is -1.96. The summed E-state index contributed by atoms with van der Waals surface area (Å²) < 4.78 is 1.76. The number of aromatic nitrogens is 3. The molecule has 3 aliphatic heterocycles. The maximum absolute atomic E-state index is 12.5. The first-order chi connectivity index (χ1) is 10.2. The van der Waals surface area contributed by atoms with Crippen molar-refractivity contribution in [2.45, 2.75) is 24.9 Å². The van der Waals surface area contributed by atoms with Gasteiger partial charge in [0.1, 0.15) is 0 Å². The molecule has 0 bridgehead atoms. The van der Waals surface area contributed by atoms with Crippen molar-refractivity contribution >= 4 is 11.8 Å². The lowest BCUT2D eigenvalue weighted by molar-refractivity contribution is -0.130. The minimum Gasteiger partial charge on any atom is -0.336 e. The number of carbonyl (C=O) groups is 2. The molecule has 1 aromatic heterocycles. The monoisotopic (exact) mass is 290 g/mol. The summed E-state index contributed by atoms with van der Waals surface area (Å²) in [5.74, 6) is 0.142. The molecule has 0 aromatic carbocycles. The minimum absolute atomic E-state index is 0.0764. The summed E-state index contributed by atoms with van der Waals surface area (Å²) in [7, 11) is 0. The van der Waals surface area contributed by atoms with Crippen LogP contribution in [-0.2, 0) is 4.79 Å². The van der Waals surface area contributed by atoms with E-state index in [0.29, 0.717) is 37.8 Å². The van der Waals surface area contributed by atoms with E-state index in [0.717, 1.165) is 19.5 Å². The smallest absolute Gasteiger partial charge is 0.276 e. The van der Waals surface area contributed by atoms with Crippen LogP contribution in [0.2, 0.25) is 0 Å². The van der Waals surface area contributed by atoms with Gasteiger partial charge in [0.15, 0.2) is 5.69 Å². The Morgan fingerprint density at radius 1 is 1.29 bits per heavy atom. The number of fused-ring (bicyclic) bond motifs is 1. The number of hydrogen-bond donors (Lipinski definition) is 1. The fourth-order valence-electron chi connectivity index (χ4n) is 3.22. The lowest BCUT2D eigenvalue weighted by Gasteiger charge is -2.37. The molecule has 2 amide bonds. The Bertz CT molecular complexity index is 581. The van der Waals surface area contributed by atoms with Crippen molar-refractivity contribution in [2.75, 3.05) is 32.7 Å². The Morgan fingerprint density at radius 3 is 2.90 bits per heavy atom. The molecule has 1 unspecified atom stereocenters. The molecule has 1 N–H and O–H groups in total. The van der Waals surface area contributed by atoms with Gasteiger partial charge >= 0.3 is 0 Å².